The largest absolute Gasteiger partial charge is 0.306 e. The summed E-state index contributed by atoms with van der Waals surface area (Å²) in [4.78, 5) is 0. The van der Waals surface area contributed by atoms with Crippen LogP contribution in [0.25, 0.3) is 0 Å². The molecule has 18 heavy (non-hydrogen) atoms. The average Bonchev–Trinajstić information content (AvgIpc) is 3.20. The van der Waals surface area contributed by atoms with Gasteiger partial charge in [-0.2, -0.15) is 11.8 Å². The van der Waals surface area contributed by atoms with Crippen LogP contribution in [0, 0.1) is 5.92 Å². The van der Waals surface area contributed by atoms with Crippen LogP contribution >= 0.6 is 23.4 Å². The minimum absolute atomic E-state index is 0.513. The highest BCUT2D eigenvalue weighted by molar-refractivity contribution is 7.98. The molecule has 2 unspecified atom stereocenters. The number of hydrogen-bond acceptors (Lipinski definition) is 2. The van der Waals surface area contributed by atoms with E-state index in [1.54, 1.807) is 0 Å². The zero-order valence-electron chi connectivity index (χ0n) is 11.2. The van der Waals surface area contributed by atoms with E-state index in [9.17, 15) is 0 Å². The molecule has 0 aliphatic heterocycles. The van der Waals surface area contributed by atoms with Crippen LogP contribution in [0.1, 0.15) is 37.8 Å². The Morgan fingerprint density at radius 2 is 2.00 bits per heavy atom. The maximum Gasteiger partial charge on any atom is 0.0406 e. The molecule has 1 N–H and O–H groups in total. The predicted octanol–water partition coefficient (Wildman–Crippen LogP) is 4.52. The van der Waals surface area contributed by atoms with E-state index in [-0.39, 0.29) is 0 Å². The first-order valence-corrected chi connectivity index (χ1v) is 8.52. The monoisotopic (exact) mass is 283 g/mol. The highest BCUT2D eigenvalue weighted by Crippen LogP contribution is 2.41. The Morgan fingerprint density at radius 1 is 1.33 bits per heavy atom. The Labute approximate surface area is 120 Å². The Morgan fingerprint density at radius 3 is 2.50 bits per heavy atom. The average molecular weight is 284 g/mol. The zero-order valence-corrected chi connectivity index (χ0v) is 12.7. The third-order valence-electron chi connectivity index (χ3n) is 3.60. The molecule has 0 aromatic heterocycles. The normalized spacial score (nSPS) is 18.6. The molecule has 0 saturated heterocycles. The summed E-state index contributed by atoms with van der Waals surface area (Å²) >= 11 is 7.89. The molecule has 1 aliphatic rings. The maximum absolute atomic E-state index is 5.97. The van der Waals surface area contributed by atoms with Gasteiger partial charge in [-0.1, -0.05) is 30.7 Å². The van der Waals surface area contributed by atoms with Crippen molar-refractivity contribution in [1.29, 1.82) is 0 Å². The number of halogens is 1. The lowest BCUT2D eigenvalue weighted by Gasteiger charge is -2.25. The number of nitrogens with one attached hydrogen (secondary N) is 1. The van der Waals surface area contributed by atoms with Gasteiger partial charge in [0.1, 0.15) is 0 Å². The molecule has 0 spiro atoms. The van der Waals surface area contributed by atoms with Gasteiger partial charge in [0.25, 0.3) is 0 Å². The molecule has 0 heterocycles. The summed E-state index contributed by atoms with van der Waals surface area (Å²) in [6.45, 7) is 2.26. The first-order valence-electron chi connectivity index (χ1n) is 6.75. The third kappa shape index (κ3) is 3.91. The van der Waals surface area contributed by atoms with Gasteiger partial charge in [-0.25, -0.2) is 0 Å². The summed E-state index contributed by atoms with van der Waals surface area (Å²) in [5.41, 5.74) is 1.39. The van der Waals surface area contributed by atoms with Gasteiger partial charge in [-0.05, 0) is 49.1 Å². The fourth-order valence-corrected chi connectivity index (χ4v) is 3.20. The van der Waals surface area contributed by atoms with E-state index in [4.69, 9.17) is 11.6 Å². The lowest BCUT2D eigenvalue weighted by Crippen LogP contribution is -2.35. The van der Waals surface area contributed by atoms with Gasteiger partial charge < -0.3 is 5.32 Å². The van der Waals surface area contributed by atoms with Gasteiger partial charge in [0.05, 0.1) is 0 Å². The Kier molecular flexibility index (Phi) is 5.40. The van der Waals surface area contributed by atoms with Crippen LogP contribution in [-0.2, 0) is 0 Å². The molecule has 2 atom stereocenters. The van der Waals surface area contributed by atoms with Gasteiger partial charge in [0.2, 0.25) is 0 Å². The van der Waals surface area contributed by atoms with Gasteiger partial charge in [0, 0.05) is 22.9 Å². The summed E-state index contributed by atoms with van der Waals surface area (Å²) in [5, 5.41) is 4.66. The smallest absolute Gasteiger partial charge is 0.0406 e. The lowest BCUT2D eigenvalue weighted by molar-refractivity contribution is 0.416. The Hall–Kier alpha value is -0.180. The van der Waals surface area contributed by atoms with Crippen molar-refractivity contribution in [1.82, 2.24) is 5.32 Å². The summed E-state index contributed by atoms with van der Waals surface area (Å²) in [6.07, 6.45) is 6.09. The summed E-state index contributed by atoms with van der Waals surface area (Å²) in [5.74, 6) is 2.01. The molecule has 1 saturated carbocycles. The first kappa shape index (κ1) is 14.2. The molecule has 1 aromatic carbocycles. The first-order chi connectivity index (χ1) is 8.74. The third-order valence-corrected chi connectivity index (χ3v) is 4.59. The fraction of sp³-hybridized carbons (Fsp3) is 0.600. The van der Waals surface area contributed by atoms with E-state index in [0.717, 1.165) is 10.9 Å². The van der Waals surface area contributed by atoms with Crippen molar-refractivity contribution in [3.8, 4) is 0 Å². The van der Waals surface area contributed by atoms with Crippen molar-refractivity contribution < 1.29 is 0 Å². The number of thioether (sulfide) groups is 1. The second-order valence-corrected chi connectivity index (χ2v) is 6.44. The molecule has 1 aliphatic carbocycles. The van der Waals surface area contributed by atoms with Crippen molar-refractivity contribution in [2.75, 3.05) is 12.0 Å². The summed E-state index contributed by atoms with van der Waals surface area (Å²) in [7, 11) is 0. The molecule has 3 heteroatoms. The standard InChI is InChI=1S/C15H22ClNS/c1-3-14(10-18-2)17-15(11-4-5-11)12-6-8-13(16)9-7-12/h6-9,11,14-15,17H,3-5,10H2,1-2H3. The molecule has 0 radical (unpaired) electrons. The Bertz CT molecular complexity index is 361. The molecule has 2 rings (SSSR count). The van der Waals surface area contributed by atoms with Crippen LogP contribution in [0.15, 0.2) is 24.3 Å². The highest BCUT2D eigenvalue weighted by atomic mass is 35.5. The minimum Gasteiger partial charge on any atom is -0.306 e. The SMILES string of the molecule is CCC(CSC)NC(c1ccc(Cl)cc1)C1CC1. The molecule has 1 nitrogen and oxygen atoms in total. The number of rotatable bonds is 7. The summed E-state index contributed by atoms with van der Waals surface area (Å²) in [6, 6.07) is 9.47. The maximum atomic E-state index is 5.97. The predicted molar refractivity (Wildman–Crippen MR) is 82.5 cm³/mol. The molecular formula is C15H22ClNS. The second kappa shape index (κ2) is 6.83. The van der Waals surface area contributed by atoms with Crippen molar-refractivity contribution >= 4 is 23.4 Å². The zero-order chi connectivity index (χ0) is 13.0. The van der Waals surface area contributed by atoms with Crippen LogP contribution in [0.5, 0.6) is 0 Å². The van der Waals surface area contributed by atoms with E-state index >= 15 is 0 Å². The molecular weight excluding hydrogens is 262 g/mol. The fourth-order valence-electron chi connectivity index (χ4n) is 2.34. The van der Waals surface area contributed by atoms with Crippen molar-refractivity contribution in [3.63, 3.8) is 0 Å². The van der Waals surface area contributed by atoms with Gasteiger partial charge in [0.15, 0.2) is 0 Å². The van der Waals surface area contributed by atoms with Gasteiger partial charge >= 0.3 is 0 Å². The molecule has 0 bridgehead atoms. The molecule has 1 fully saturated rings. The van der Waals surface area contributed by atoms with Gasteiger partial charge in [-0.15, -0.1) is 0 Å². The van der Waals surface area contributed by atoms with Crippen LogP contribution in [0.4, 0.5) is 0 Å². The highest BCUT2D eigenvalue weighted by Gasteiger charge is 2.33. The van der Waals surface area contributed by atoms with E-state index in [1.807, 2.05) is 23.9 Å². The quantitative estimate of drug-likeness (QED) is 0.789. The summed E-state index contributed by atoms with van der Waals surface area (Å²) < 4.78 is 0. The number of benzene rings is 1. The van der Waals surface area contributed by atoms with Crippen LogP contribution in [0.2, 0.25) is 5.02 Å². The molecule has 100 valence electrons. The van der Waals surface area contributed by atoms with E-state index in [2.05, 4.69) is 30.6 Å². The van der Waals surface area contributed by atoms with Crippen LogP contribution in [0.3, 0.4) is 0 Å². The van der Waals surface area contributed by atoms with E-state index in [1.165, 1.54) is 30.6 Å². The lowest BCUT2D eigenvalue weighted by atomic mass is 10.0. The van der Waals surface area contributed by atoms with Crippen LogP contribution < -0.4 is 5.32 Å². The van der Waals surface area contributed by atoms with Crippen LogP contribution in [-0.4, -0.2) is 18.1 Å². The van der Waals surface area contributed by atoms with Gasteiger partial charge in [-0.3, -0.25) is 0 Å². The Balaban J connectivity index is 2.05. The van der Waals surface area contributed by atoms with Crippen molar-refractivity contribution in [2.24, 2.45) is 5.92 Å². The second-order valence-electron chi connectivity index (χ2n) is 5.09. The molecule has 1 aromatic rings. The van der Waals surface area contributed by atoms with E-state index in [0.29, 0.717) is 12.1 Å². The van der Waals surface area contributed by atoms with E-state index < -0.39 is 0 Å². The minimum atomic E-state index is 0.513. The van der Waals surface area contributed by atoms with Crippen molar-refractivity contribution in [3.05, 3.63) is 34.9 Å². The molecule has 0 amide bonds. The topological polar surface area (TPSA) is 12.0 Å². The van der Waals surface area contributed by atoms with Crippen molar-refractivity contribution in [2.45, 2.75) is 38.3 Å². The number of hydrogen-bond donors (Lipinski definition) is 1.